The average molecular weight is 417 g/mol. The lowest BCUT2D eigenvalue weighted by Gasteiger charge is -2.26. The molecule has 8 nitrogen and oxygen atoms in total. The van der Waals surface area contributed by atoms with Crippen LogP contribution >= 0.6 is 11.6 Å². The molecule has 3 aromatic heterocycles. The molecule has 1 aromatic carbocycles. The highest BCUT2D eigenvalue weighted by Gasteiger charge is 2.27. The van der Waals surface area contributed by atoms with Gasteiger partial charge in [0.15, 0.2) is 10.8 Å². The van der Waals surface area contributed by atoms with Crippen molar-refractivity contribution in [2.45, 2.75) is 37.8 Å². The summed E-state index contributed by atoms with van der Waals surface area (Å²) in [6, 6.07) is 4.19. The third-order valence-electron chi connectivity index (χ3n) is 5.62. The minimum atomic E-state index is -0.399. The van der Waals surface area contributed by atoms with Gasteiger partial charge in [0.25, 0.3) is 0 Å². The quantitative estimate of drug-likeness (QED) is 0.507. The lowest BCUT2D eigenvalue weighted by atomic mass is 9.93. The summed E-state index contributed by atoms with van der Waals surface area (Å²) in [6.45, 7) is 0. The van der Waals surface area contributed by atoms with Crippen LogP contribution in [-0.4, -0.2) is 39.9 Å². The number of aromatic nitrogens is 6. The van der Waals surface area contributed by atoms with E-state index in [1.54, 1.807) is 22.2 Å². The normalized spacial score (nSPS) is 20.0. The molecular weight excluding hydrogens is 399 g/mol. The van der Waals surface area contributed by atoms with E-state index in [1.807, 2.05) is 0 Å². The van der Waals surface area contributed by atoms with Crippen molar-refractivity contribution in [3.8, 4) is 5.95 Å². The van der Waals surface area contributed by atoms with Gasteiger partial charge in [0.05, 0.1) is 17.1 Å². The van der Waals surface area contributed by atoms with Crippen LogP contribution in [0.3, 0.4) is 0 Å². The van der Waals surface area contributed by atoms with Crippen molar-refractivity contribution in [1.82, 2.24) is 28.7 Å². The standard InChI is InChI=1S/C19H18ClFN6O2/c1-25-15-16(20)23-18(26-9-22-13-7-2-10(21)8-14(13)26)24-17(15)27(19(25)29)11-3-5-12(28)6-4-11/h2,7-9,11-12,28H,3-6H2,1H3/t11-,12-. The van der Waals surface area contributed by atoms with Gasteiger partial charge in [0.1, 0.15) is 17.7 Å². The molecule has 0 bridgehead atoms. The smallest absolute Gasteiger partial charge is 0.330 e. The maximum absolute atomic E-state index is 13.8. The first kappa shape index (κ1) is 18.3. The van der Waals surface area contributed by atoms with Crippen LogP contribution in [0.15, 0.2) is 29.3 Å². The Labute approximate surface area is 169 Å². The fourth-order valence-electron chi connectivity index (χ4n) is 4.10. The molecule has 1 aliphatic rings. The zero-order valence-corrected chi connectivity index (χ0v) is 16.3. The minimum absolute atomic E-state index is 0.0783. The first-order valence-corrected chi connectivity index (χ1v) is 9.77. The molecule has 4 aromatic rings. The predicted molar refractivity (Wildman–Crippen MR) is 106 cm³/mol. The van der Waals surface area contributed by atoms with Crippen molar-refractivity contribution in [3.05, 3.63) is 46.0 Å². The highest BCUT2D eigenvalue weighted by atomic mass is 35.5. The predicted octanol–water partition coefficient (Wildman–Crippen LogP) is 2.74. The minimum Gasteiger partial charge on any atom is -0.393 e. The Bertz CT molecular complexity index is 1300. The Kier molecular flexibility index (Phi) is 4.18. The van der Waals surface area contributed by atoms with Crippen LogP contribution in [0.25, 0.3) is 28.1 Å². The van der Waals surface area contributed by atoms with Crippen molar-refractivity contribution in [2.75, 3.05) is 0 Å². The Morgan fingerprint density at radius 1 is 1.21 bits per heavy atom. The second-order valence-electron chi connectivity index (χ2n) is 7.41. The molecule has 0 spiro atoms. The van der Waals surface area contributed by atoms with E-state index >= 15 is 0 Å². The van der Waals surface area contributed by atoms with Crippen molar-refractivity contribution < 1.29 is 9.50 Å². The van der Waals surface area contributed by atoms with Gasteiger partial charge in [-0.05, 0) is 37.8 Å². The van der Waals surface area contributed by atoms with Gasteiger partial charge in [-0.1, -0.05) is 11.6 Å². The number of benzene rings is 1. The summed E-state index contributed by atoms with van der Waals surface area (Å²) in [6.07, 6.45) is 3.78. The van der Waals surface area contributed by atoms with E-state index in [0.29, 0.717) is 47.9 Å². The molecule has 0 radical (unpaired) electrons. The van der Waals surface area contributed by atoms with Gasteiger partial charge in [-0.3, -0.25) is 13.7 Å². The van der Waals surface area contributed by atoms with Crippen molar-refractivity contribution in [3.63, 3.8) is 0 Å². The van der Waals surface area contributed by atoms with E-state index < -0.39 is 5.82 Å². The Hall–Kier alpha value is -2.78. The topological polar surface area (TPSA) is 90.8 Å². The monoisotopic (exact) mass is 416 g/mol. The molecule has 0 amide bonds. The lowest BCUT2D eigenvalue weighted by Crippen LogP contribution is -2.30. The maximum atomic E-state index is 13.8. The van der Waals surface area contributed by atoms with Gasteiger partial charge < -0.3 is 5.11 Å². The van der Waals surface area contributed by atoms with E-state index in [9.17, 15) is 14.3 Å². The van der Waals surface area contributed by atoms with Gasteiger partial charge in [-0.2, -0.15) is 9.97 Å². The van der Waals surface area contributed by atoms with Crippen LogP contribution in [0.1, 0.15) is 31.7 Å². The molecule has 0 saturated heterocycles. The fraction of sp³-hybridized carbons (Fsp3) is 0.368. The number of halogens is 2. The summed E-state index contributed by atoms with van der Waals surface area (Å²) in [5.74, 6) is -0.186. The first-order chi connectivity index (χ1) is 13.9. The Morgan fingerprint density at radius 2 is 1.97 bits per heavy atom. The molecule has 0 atom stereocenters. The molecule has 1 N–H and O–H groups in total. The molecule has 10 heteroatoms. The number of rotatable bonds is 2. The molecular formula is C19H18ClFN6O2. The van der Waals surface area contributed by atoms with Crippen LogP contribution in [0.5, 0.6) is 0 Å². The zero-order valence-electron chi connectivity index (χ0n) is 15.6. The first-order valence-electron chi connectivity index (χ1n) is 9.39. The number of nitrogens with zero attached hydrogens (tertiary/aromatic N) is 6. The highest BCUT2D eigenvalue weighted by molar-refractivity contribution is 6.33. The number of aliphatic hydroxyl groups is 1. The van der Waals surface area contributed by atoms with E-state index in [0.717, 1.165) is 0 Å². The van der Waals surface area contributed by atoms with E-state index in [4.69, 9.17) is 11.6 Å². The summed E-state index contributed by atoms with van der Waals surface area (Å²) in [7, 11) is 1.63. The molecule has 29 heavy (non-hydrogen) atoms. The van der Waals surface area contributed by atoms with Crippen LogP contribution in [0.2, 0.25) is 5.15 Å². The lowest BCUT2D eigenvalue weighted by molar-refractivity contribution is 0.110. The highest BCUT2D eigenvalue weighted by Crippen LogP contribution is 2.31. The van der Waals surface area contributed by atoms with Crippen molar-refractivity contribution in [2.24, 2.45) is 7.05 Å². The summed E-state index contributed by atoms with van der Waals surface area (Å²) in [5, 5.41) is 9.95. The van der Waals surface area contributed by atoms with Gasteiger partial charge >= 0.3 is 5.69 Å². The second kappa shape index (κ2) is 6.64. The maximum Gasteiger partial charge on any atom is 0.330 e. The Balaban J connectivity index is 1.74. The van der Waals surface area contributed by atoms with Crippen LogP contribution in [0.4, 0.5) is 4.39 Å². The number of imidazole rings is 2. The largest absolute Gasteiger partial charge is 0.393 e. The average Bonchev–Trinajstić information content (AvgIpc) is 3.22. The van der Waals surface area contributed by atoms with Crippen LogP contribution < -0.4 is 5.69 Å². The molecule has 1 saturated carbocycles. The van der Waals surface area contributed by atoms with Gasteiger partial charge in [-0.25, -0.2) is 14.2 Å². The summed E-state index contributed by atoms with van der Waals surface area (Å²) < 4.78 is 18.4. The number of fused-ring (bicyclic) bond motifs is 2. The number of hydrogen-bond acceptors (Lipinski definition) is 5. The third-order valence-corrected chi connectivity index (χ3v) is 5.89. The van der Waals surface area contributed by atoms with E-state index in [-0.39, 0.29) is 28.9 Å². The Morgan fingerprint density at radius 3 is 2.72 bits per heavy atom. The number of aryl methyl sites for hydroxylation is 1. The summed E-state index contributed by atoms with van der Waals surface area (Å²) in [4.78, 5) is 26.2. The molecule has 3 heterocycles. The van der Waals surface area contributed by atoms with E-state index in [1.165, 1.54) is 23.0 Å². The SMILES string of the molecule is Cn1c(=O)n([C@H]2CC[C@H](O)CC2)c2nc(-n3cnc4ccc(F)cc43)nc(Cl)c21. The molecule has 150 valence electrons. The van der Waals surface area contributed by atoms with Gasteiger partial charge in [-0.15, -0.1) is 0 Å². The van der Waals surface area contributed by atoms with Crippen molar-refractivity contribution >= 4 is 33.8 Å². The molecule has 5 rings (SSSR count). The number of aliphatic hydroxyl groups excluding tert-OH is 1. The van der Waals surface area contributed by atoms with Gasteiger partial charge in [0, 0.05) is 19.2 Å². The third kappa shape index (κ3) is 2.84. The molecule has 1 fully saturated rings. The second-order valence-corrected chi connectivity index (χ2v) is 7.77. The molecule has 0 unspecified atom stereocenters. The molecule has 0 aliphatic heterocycles. The molecule has 1 aliphatic carbocycles. The van der Waals surface area contributed by atoms with Gasteiger partial charge in [0.2, 0.25) is 5.95 Å². The fourth-order valence-corrected chi connectivity index (χ4v) is 4.39. The van der Waals surface area contributed by atoms with Crippen LogP contribution in [-0.2, 0) is 7.05 Å². The van der Waals surface area contributed by atoms with E-state index in [2.05, 4.69) is 15.0 Å². The summed E-state index contributed by atoms with van der Waals surface area (Å²) in [5.41, 5.74) is 1.74. The van der Waals surface area contributed by atoms with Crippen molar-refractivity contribution in [1.29, 1.82) is 0 Å². The summed E-state index contributed by atoms with van der Waals surface area (Å²) >= 11 is 6.44. The zero-order chi connectivity index (χ0) is 20.3. The van der Waals surface area contributed by atoms with Crippen LogP contribution in [0, 0.1) is 5.82 Å². The number of hydrogen-bond donors (Lipinski definition) is 1.